The fourth-order valence-corrected chi connectivity index (χ4v) is 4.98. The SMILES string of the molecule is CC(CC1CCC(c2ccnc3ccc(F)cc23)CC1)Nc1nc2ncc(Cl)cc2o1. The molecule has 5 rings (SSSR count). The molecular weight excluding hydrogens is 415 g/mol. The molecule has 1 aliphatic rings. The molecule has 0 bridgehead atoms. The van der Waals surface area contributed by atoms with E-state index in [9.17, 15) is 4.39 Å². The number of anilines is 1. The number of nitrogens with one attached hydrogen (secondary N) is 1. The van der Waals surface area contributed by atoms with Gasteiger partial charge in [0.15, 0.2) is 5.58 Å². The van der Waals surface area contributed by atoms with Gasteiger partial charge in [-0.1, -0.05) is 11.6 Å². The van der Waals surface area contributed by atoms with E-state index in [0.29, 0.717) is 34.1 Å². The molecule has 160 valence electrons. The molecule has 3 heterocycles. The van der Waals surface area contributed by atoms with Crippen molar-refractivity contribution >= 4 is 39.7 Å². The minimum atomic E-state index is -0.202. The lowest BCUT2D eigenvalue weighted by Gasteiger charge is -2.31. The molecule has 0 saturated heterocycles. The first-order chi connectivity index (χ1) is 15.0. The fourth-order valence-electron chi connectivity index (χ4n) is 4.83. The Balaban J connectivity index is 1.20. The van der Waals surface area contributed by atoms with Crippen LogP contribution in [0.25, 0.3) is 22.1 Å². The zero-order chi connectivity index (χ0) is 21.4. The van der Waals surface area contributed by atoms with Crippen molar-refractivity contribution in [3.05, 3.63) is 59.1 Å². The second kappa shape index (κ2) is 8.42. The minimum Gasteiger partial charge on any atom is -0.422 e. The summed E-state index contributed by atoms with van der Waals surface area (Å²) in [4.78, 5) is 13.0. The Labute approximate surface area is 185 Å². The zero-order valence-electron chi connectivity index (χ0n) is 17.3. The number of nitrogens with zero attached hydrogens (tertiary/aromatic N) is 3. The third kappa shape index (κ3) is 4.35. The van der Waals surface area contributed by atoms with Crippen LogP contribution >= 0.6 is 11.6 Å². The monoisotopic (exact) mass is 438 g/mol. The number of oxazole rings is 1. The van der Waals surface area contributed by atoms with Gasteiger partial charge < -0.3 is 9.73 Å². The molecule has 1 N–H and O–H groups in total. The molecule has 1 unspecified atom stereocenters. The summed E-state index contributed by atoms with van der Waals surface area (Å²) in [7, 11) is 0. The zero-order valence-corrected chi connectivity index (χ0v) is 18.1. The van der Waals surface area contributed by atoms with Crippen molar-refractivity contribution in [3.8, 4) is 0 Å². The summed E-state index contributed by atoms with van der Waals surface area (Å²) in [6.07, 6.45) is 8.98. The number of halogens is 2. The van der Waals surface area contributed by atoms with Gasteiger partial charge in [-0.3, -0.25) is 4.98 Å². The van der Waals surface area contributed by atoms with E-state index in [-0.39, 0.29) is 11.9 Å². The quantitative estimate of drug-likeness (QED) is 0.374. The van der Waals surface area contributed by atoms with E-state index in [0.717, 1.165) is 43.0 Å². The maximum Gasteiger partial charge on any atom is 0.297 e. The number of fused-ring (bicyclic) bond motifs is 2. The molecule has 0 aliphatic heterocycles. The van der Waals surface area contributed by atoms with Crippen molar-refractivity contribution < 1.29 is 8.81 Å². The number of pyridine rings is 2. The van der Waals surface area contributed by atoms with Crippen molar-refractivity contribution in [1.29, 1.82) is 0 Å². The van der Waals surface area contributed by atoms with Crippen LogP contribution in [-0.4, -0.2) is 21.0 Å². The number of hydrogen-bond acceptors (Lipinski definition) is 5. The second-order valence-corrected chi connectivity index (χ2v) is 8.99. The summed E-state index contributed by atoms with van der Waals surface area (Å²) in [6, 6.07) is 9.37. The topological polar surface area (TPSA) is 63.8 Å². The van der Waals surface area contributed by atoms with E-state index >= 15 is 0 Å². The smallest absolute Gasteiger partial charge is 0.297 e. The summed E-state index contributed by atoms with van der Waals surface area (Å²) in [6.45, 7) is 2.15. The van der Waals surface area contributed by atoms with Crippen LogP contribution in [0.1, 0.15) is 50.5 Å². The minimum absolute atomic E-state index is 0.202. The molecule has 0 amide bonds. The van der Waals surface area contributed by atoms with E-state index in [1.807, 2.05) is 6.20 Å². The molecular formula is C24H24ClFN4O. The second-order valence-electron chi connectivity index (χ2n) is 8.55. The average Bonchev–Trinajstić information content (AvgIpc) is 3.15. The van der Waals surface area contributed by atoms with Crippen LogP contribution in [0.5, 0.6) is 0 Å². The van der Waals surface area contributed by atoms with Crippen molar-refractivity contribution in [2.75, 3.05) is 5.32 Å². The highest BCUT2D eigenvalue weighted by Gasteiger charge is 2.25. The molecule has 1 saturated carbocycles. The molecule has 0 radical (unpaired) electrons. The van der Waals surface area contributed by atoms with Gasteiger partial charge in [0, 0.05) is 29.9 Å². The van der Waals surface area contributed by atoms with Gasteiger partial charge in [-0.2, -0.15) is 4.98 Å². The van der Waals surface area contributed by atoms with E-state index in [2.05, 4.69) is 33.3 Å². The number of rotatable bonds is 5. The van der Waals surface area contributed by atoms with Gasteiger partial charge in [-0.05, 0) is 80.7 Å². The lowest BCUT2D eigenvalue weighted by molar-refractivity contribution is 0.301. The Hall–Kier alpha value is -2.73. The summed E-state index contributed by atoms with van der Waals surface area (Å²) < 4.78 is 19.5. The standard InChI is InChI=1S/C24H24ClFN4O/c1-14(29-24-30-23-22(31-24)11-17(25)13-28-23)10-15-2-4-16(5-3-15)19-8-9-27-21-7-6-18(26)12-20(19)21/h6-9,11-16H,2-5,10H2,1H3,(H,28,29,30). The lowest BCUT2D eigenvalue weighted by Crippen LogP contribution is -2.23. The van der Waals surface area contributed by atoms with Crippen molar-refractivity contribution in [1.82, 2.24) is 15.0 Å². The Kier molecular flexibility index (Phi) is 5.48. The van der Waals surface area contributed by atoms with Gasteiger partial charge in [0.1, 0.15) is 5.82 Å². The van der Waals surface area contributed by atoms with Crippen LogP contribution in [-0.2, 0) is 0 Å². The van der Waals surface area contributed by atoms with Crippen LogP contribution in [0.3, 0.4) is 0 Å². The fraction of sp³-hybridized carbons (Fsp3) is 0.375. The summed E-state index contributed by atoms with van der Waals surface area (Å²) in [5.41, 5.74) is 3.24. The van der Waals surface area contributed by atoms with E-state index in [4.69, 9.17) is 16.0 Å². The maximum atomic E-state index is 13.8. The maximum absolute atomic E-state index is 13.8. The molecule has 5 nitrogen and oxygen atoms in total. The average molecular weight is 439 g/mol. The normalized spacial score (nSPS) is 20.2. The van der Waals surface area contributed by atoms with Crippen LogP contribution in [0.15, 0.2) is 47.1 Å². The van der Waals surface area contributed by atoms with Crippen molar-refractivity contribution in [3.63, 3.8) is 0 Å². The molecule has 0 spiro atoms. The highest BCUT2D eigenvalue weighted by molar-refractivity contribution is 6.30. The number of benzene rings is 1. The van der Waals surface area contributed by atoms with Crippen molar-refractivity contribution in [2.24, 2.45) is 5.92 Å². The molecule has 7 heteroatoms. The Morgan fingerprint density at radius 2 is 2.00 bits per heavy atom. The summed E-state index contributed by atoms with van der Waals surface area (Å²) in [5.74, 6) is 0.896. The lowest BCUT2D eigenvalue weighted by atomic mass is 9.76. The van der Waals surface area contributed by atoms with Gasteiger partial charge in [-0.25, -0.2) is 9.37 Å². The van der Waals surface area contributed by atoms with Crippen LogP contribution in [0.4, 0.5) is 10.4 Å². The van der Waals surface area contributed by atoms with Gasteiger partial charge in [-0.15, -0.1) is 0 Å². The molecule has 1 fully saturated rings. The highest BCUT2D eigenvalue weighted by atomic mass is 35.5. The first kappa shape index (κ1) is 20.2. The van der Waals surface area contributed by atoms with Crippen LogP contribution in [0.2, 0.25) is 5.02 Å². The van der Waals surface area contributed by atoms with Crippen LogP contribution < -0.4 is 5.32 Å². The third-order valence-electron chi connectivity index (χ3n) is 6.29. The van der Waals surface area contributed by atoms with Gasteiger partial charge in [0.05, 0.1) is 10.5 Å². The van der Waals surface area contributed by atoms with Crippen LogP contribution in [0, 0.1) is 11.7 Å². The van der Waals surface area contributed by atoms with Gasteiger partial charge in [0.2, 0.25) is 5.65 Å². The third-order valence-corrected chi connectivity index (χ3v) is 6.50. The Bertz CT molecular complexity index is 1220. The van der Waals surface area contributed by atoms with E-state index in [1.165, 1.54) is 11.6 Å². The highest BCUT2D eigenvalue weighted by Crippen LogP contribution is 2.40. The Morgan fingerprint density at radius 1 is 1.16 bits per heavy atom. The predicted molar refractivity (Wildman–Crippen MR) is 121 cm³/mol. The molecule has 31 heavy (non-hydrogen) atoms. The molecule has 4 aromatic rings. The van der Waals surface area contributed by atoms with Gasteiger partial charge in [0.25, 0.3) is 6.01 Å². The van der Waals surface area contributed by atoms with Crippen molar-refractivity contribution in [2.45, 2.75) is 51.0 Å². The Morgan fingerprint density at radius 3 is 2.84 bits per heavy atom. The first-order valence-electron chi connectivity index (χ1n) is 10.8. The van der Waals surface area contributed by atoms with E-state index in [1.54, 1.807) is 24.4 Å². The molecule has 1 aromatic carbocycles. The number of hydrogen-bond donors (Lipinski definition) is 1. The van der Waals surface area contributed by atoms with E-state index < -0.39 is 0 Å². The first-order valence-corrected chi connectivity index (χ1v) is 11.2. The molecule has 3 aromatic heterocycles. The largest absolute Gasteiger partial charge is 0.422 e. The number of aromatic nitrogens is 3. The van der Waals surface area contributed by atoms with Gasteiger partial charge >= 0.3 is 0 Å². The molecule has 1 aliphatic carbocycles. The summed E-state index contributed by atoms with van der Waals surface area (Å²) in [5, 5.41) is 4.84. The predicted octanol–water partition coefficient (Wildman–Crippen LogP) is 6.73. The molecule has 1 atom stereocenters. The summed E-state index contributed by atoms with van der Waals surface area (Å²) >= 11 is 5.97.